The van der Waals surface area contributed by atoms with Gasteiger partial charge in [0.2, 0.25) is 5.91 Å². The molecule has 3 heteroatoms. The summed E-state index contributed by atoms with van der Waals surface area (Å²) in [6.07, 6.45) is 2.93. The molecule has 0 unspecified atom stereocenters. The second-order valence-electron chi connectivity index (χ2n) is 2.36. The maximum Gasteiger partial charge on any atom is 0.220 e. The minimum Gasteiger partial charge on any atom is -0.354 e. The van der Waals surface area contributed by atoms with Gasteiger partial charge in [-0.05, 0) is 19.8 Å². The van der Waals surface area contributed by atoms with Crippen molar-refractivity contribution < 1.29 is 4.79 Å². The molecule has 1 atom stereocenters. The van der Waals surface area contributed by atoms with Crippen LogP contribution in [0.1, 0.15) is 26.2 Å². The molecule has 1 fully saturated rings. The monoisotopic (exact) mass is 149 g/mol. The molecule has 0 saturated carbocycles. The number of halogens is 1. The summed E-state index contributed by atoms with van der Waals surface area (Å²) in [6, 6.07) is 0.413. The van der Waals surface area contributed by atoms with Gasteiger partial charge in [-0.2, -0.15) is 0 Å². The van der Waals surface area contributed by atoms with Crippen LogP contribution in [0, 0.1) is 0 Å². The lowest BCUT2D eigenvalue weighted by molar-refractivity contribution is -0.123. The number of nitrogens with one attached hydrogen (secondary N) is 1. The number of rotatable bonds is 0. The zero-order chi connectivity index (χ0) is 5.98. The van der Waals surface area contributed by atoms with E-state index in [0.717, 1.165) is 19.3 Å². The summed E-state index contributed by atoms with van der Waals surface area (Å²) in [5.41, 5.74) is 0. The number of carbonyl (C=O) groups excluding carboxylic acids is 1. The number of amides is 1. The molecule has 1 aliphatic heterocycles. The Morgan fingerprint density at radius 3 is 2.67 bits per heavy atom. The fourth-order valence-electron chi connectivity index (χ4n) is 0.988. The Labute approximate surface area is 61.4 Å². The van der Waals surface area contributed by atoms with Gasteiger partial charge in [0.1, 0.15) is 0 Å². The average Bonchev–Trinajstić information content (AvgIpc) is 1.64. The third-order valence-electron chi connectivity index (χ3n) is 1.45. The molecule has 1 heterocycles. The summed E-state index contributed by atoms with van der Waals surface area (Å²) in [6.45, 7) is 2.04. The van der Waals surface area contributed by atoms with Crippen molar-refractivity contribution in [1.29, 1.82) is 0 Å². The van der Waals surface area contributed by atoms with Gasteiger partial charge in [0.05, 0.1) is 0 Å². The topological polar surface area (TPSA) is 29.1 Å². The number of hydrogen-bond acceptors (Lipinski definition) is 1. The van der Waals surface area contributed by atoms with Gasteiger partial charge in [0, 0.05) is 12.5 Å². The van der Waals surface area contributed by atoms with Gasteiger partial charge in [0.25, 0.3) is 0 Å². The van der Waals surface area contributed by atoms with Gasteiger partial charge in [-0.3, -0.25) is 4.79 Å². The molecule has 1 amide bonds. The largest absolute Gasteiger partial charge is 0.354 e. The van der Waals surface area contributed by atoms with Gasteiger partial charge in [-0.1, -0.05) is 0 Å². The molecule has 1 aliphatic rings. The van der Waals surface area contributed by atoms with E-state index in [1.165, 1.54) is 0 Å². The van der Waals surface area contributed by atoms with E-state index in [1.54, 1.807) is 0 Å². The Morgan fingerprint density at radius 2 is 2.33 bits per heavy atom. The lowest BCUT2D eigenvalue weighted by atomic mass is 10.1. The van der Waals surface area contributed by atoms with Crippen molar-refractivity contribution in [3.63, 3.8) is 0 Å². The van der Waals surface area contributed by atoms with Gasteiger partial charge in [0.15, 0.2) is 0 Å². The van der Waals surface area contributed by atoms with E-state index >= 15 is 0 Å². The molecule has 54 valence electrons. The first-order valence-corrected chi connectivity index (χ1v) is 3.08. The van der Waals surface area contributed by atoms with Crippen LogP contribution in [-0.4, -0.2) is 11.9 Å². The van der Waals surface area contributed by atoms with E-state index in [0.29, 0.717) is 6.04 Å². The lowest BCUT2D eigenvalue weighted by Crippen LogP contribution is -2.36. The molecule has 0 aliphatic carbocycles. The quantitative estimate of drug-likeness (QED) is 0.549. The average molecular weight is 150 g/mol. The first kappa shape index (κ1) is 8.76. The molecular formula is C6H12ClNO. The van der Waals surface area contributed by atoms with E-state index in [4.69, 9.17) is 0 Å². The Kier molecular flexibility index (Phi) is 3.62. The van der Waals surface area contributed by atoms with E-state index in [-0.39, 0.29) is 18.3 Å². The number of piperidine rings is 1. The zero-order valence-electron chi connectivity index (χ0n) is 5.52. The number of hydrogen-bond donors (Lipinski definition) is 1. The second kappa shape index (κ2) is 3.72. The van der Waals surface area contributed by atoms with Gasteiger partial charge in [-0.15, -0.1) is 12.4 Å². The Morgan fingerprint density at radius 1 is 1.67 bits per heavy atom. The van der Waals surface area contributed by atoms with Crippen LogP contribution in [0.25, 0.3) is 0 Å². The van der Waals surface area contributed by atoms with Crippen molar-refractivity contribution in [3.05, 3.63) is 0 Å². The van der Waals surface area contributed by atoms with Crippen LogP contribution >= 0.6 is 12.4 Å². The molecule has 0 aromatic rings. The first-order valence-electron chi connectivity index (χ1n) is 3.08. The Hall–Kier alpha value is -0.240. The molecule has 0 aromatic carbocycles. The highest BCUT2D eigenvalue weighted by Crippen LogP contribution is 2.05. The maximum atomic E-state index is 10.6. The summed E-state index contributed by atoms with van der Waals surface area (Å²) >= 11 is 0. The van der Waals surface area contributed by atoms with Crippen molar-refractivity contribution in [2.24, 2.45) is 0 Å². The predicted molar refractivity (Wildman–Crippen MR) is 38.7 cm³/mol. The minimum absolute atomic E-state index is 0. The van der Waals surface area contributed by atoms with Crippen molar-refractivity contribution in [2.45, 2.75) is 32.2 Å². The van der Waals surface area contributed by atoms with Crippen molar-refractivity contribution >= 4 is 18.3 Å². The van der Waals surface area contributed by atoms with Crippen LogP contribution < -0.4 is 5.32 Å². The molecule has 0 bridgehead atoms. The number of carbonyl (C=O) groups is 1. The lowest BCUT2D eigenvalue weighted by Gasteiger charge is -2.18. The fraction of sp³-hybridized carbons (Fsp3) is 0.833. The molecule has 2 nitrogen and oxygen atoms in total. The highest BCUT2D eigenvalue weighted by Gasteiger charge is 2.12. The third-order valence-corrected chi connectivity index (χ3v) is 1.45. The molecule has 1 rings (SSSR count). The summed E-state index contributed by atoms with van der Waals surface area (Å²) in [4.78, 5) is 10.6. The predicted octanol–water partition coefficient (Wildman–Crippen LogP) is 1.10. The highest BCUT2D eigenvalue weighted by atomic mass is 35.5. The summed E-state index contributed by atoms with van der Waals surface area (Å²) in [5, 5.41) is 2.84. The van der Waals surface area contributed by atoms with Crippen LogP contribution in [0.5, 0.6) is 0 Å². The van der Waals surface area contributed by atoms with E-state index in [9.17, 15) is 4.79 Å². The second-order valence-corrected chi connectivity index (χ2v) is 2.36. The highest BCUT2D eigenvalue weighted by molar-refractivity contribution is 5.85. The van der Waals surface area contributed by atoms with Crippen LogP contribution in [0.15, 0.2) is 0 Å². The van der Waals surface area contributed by atoms with E-state index in [2.05, 4.69) is 5.32 Å². The minimum atomic E-state index is 0. The van der Waals surface area contributed by atoms with Crippen molar-refractivity contribution in [3.8, 4) is 0 Å². The molecule has 0 radical (unpaired) electrons. The summed E-state index contributed by atoms with van der Waals surface area (Å²) in [5.74, 6) is 0.212. The van der Waals surface area contributed by atoms with Crippen LogP contribution in [0.2, 0.25) is 0 Å². The molecule has 0 aromatic heterocycles. The van der Waals surface area contributed by atoms with E-state index in [1.807, 2.05) is 6.92 Å². The van der Waals surface area contributed by atoms with E-state index < -0.39 is 0 Å². The molecular weight excluding hydrogens is 138 g/mol. The summed E-state index contributed by atoms with van der Waals surface area (Å²) < 4.78 is 0. The van der Waals surface area contributed by atoms with Gasteiger partial charge < -0.3 is 5.32 Å². The summed E-state index contributed by atoms with van der Waals surface area (Å²) in [7, 11) is 0. The van der Waals surface area contributed by atoms with Crippen LogP contribution in [0.3, 0.4) is 0 Å². The van der Waals surface area contributed by atoms with Crippen LogP contribution in [0.4, 0.5) is 0 Å². The third kappa shape index (κ3) is 2.70. The van der Waals surface area contributed by atoms with Crippen LogP contribution in [-0.2, 0) is 4.79 Å². The van der Waals surface area contributed by atoms with Crippen molar-refractivity contribution in [1.82, 2.24) is 5.32 Å². The Balaban J connectivity index is 0.000000640. The first-order chi connectivity index (χ1) is 3.79. The molecule has 1 saturated heterocycles. The van der Waals surface area contributed by atoms with Crippen molar-refractivity contribution in [2.75, 3.05) is 0 Å². The zero-order valence-corrected chi connectivity index (χ0v) is 6.33. The van der Waals surface area contributed by atoms with Gasteiger partial charge in [-0.25, -0.2) is 0 Å². The van der Waals surface area contributed by atoms with Gasteiger partial charge >= 0.3 is 0 Å². The smallest absolute Gasteiger partial charge is 0.220 e. The fourth-order valence-corrected chi connectivity index (χ4v) is 0.988. The Bertz CT molecular complexity index is 105. The molecule has 0 spiro atoms. The normalized spacial score (nSPS) is 26.3. The standard InChI is InChI=1S/C6H11NO.ClH/c1-5-3-2-4-6(8)7-5;/h5H,2-4H2,1H3,(H,7,8);1H/t5-;/m0./s1. The SMILES string of the molecule is C[C@H]1CCCC(=O)N1.Cl. The maximum absolute atomic E-state index is 10.6. The molecule has 1 N–H and O–H groups in total. The molecule has 9 heavy (non-hydrogen) atoms.